The maximum absolute atomic E-state index is 12.2. The van der Waals surface area contributed by atoms with E-state index in [0.717, 1.165) is 24.2 Å². The molecule has 1 heterocycles. The Morgan fingerprint density at radius 1 is 1.29 bits per heavy atom. The van der Waals surface area contributed by atoms with E-state index in [1.54, 1.807) is 0 Å². The third-order valence-corrected chi connectivity index (χ3v) is 4.24. The molecule has 2 unspecified atom stereocenters. The van der Waals surface area contributed by atoms with E-state index in [1.165, 1.54) is 5.56 Å². The molecule has 0 aromatic heterocycles. The summed E-state index contributed by atoms with van der Waals surface area (Å²) in [5, 5.41) is 6.50. The smallest absolute Gasteiger partial charge is 0.251 e. The zero-order chi connectivity index (χ0) is 12.0. The van der Waals surface area contributed by atoms with Gasteiger partial charge in [-0.2, -0.15) is 0 Å². The van der Waals surface area contributed by atoms with Gasteiger partial charge in [0.05, 0.1) is 0 Å². The molecule has 1 aliphatic heterocycles. The lowest BCUT2D eigenvalue weighted by Crippen LogP contribution is -2.32. The fraction of sp³-hybridized carbons (Fsp3) is 0.500. The highest BCUT2D eigenvalue weighted by atomic mass is 16.1. The molecule has 0 bridgehead atoms. The van der Waals surface area contributed by atoms with E-state index < -0.39 is 0 Å². The molecule has 1 saturated carbocycles. The first-order valence-corrected chi connectivity index (χ1v) is 6.26. The molecule has 3 rings (SSSR count). The second-order valence-electron chi connectivity index (χ2n) is 5.23. The summed E-state index contributed by atoms with van der Waals surface area (Å²) < 4.78 is 0. The number of fused-ring (bicyclic) bond motifs is 1. The summed E-state index contributed by atoms with van der Waals surface area (Å²) in [6, 6.07) is 6.31. The lowest BCUT2D eigenvalue weighted by Gasteiger charge is -2.11. The van der Waals surface area contributed by atoms with Crippen LogP contribution in [-0.2, 0) is 0 Å². The Morgan fingerprint density at radius 2 is 2.00 bits per heavy atom. The van der Waals surface area contributed by atoms with E-state index in [4.69, 9.17) is 0 Å². The van der Waals surface area contributed by atoms with Crippen molar-refractivity contribution in [2.45, 2.75) is 19.9 Å². The first kappa shape index (κ1) is 10.8. The van der Waals surface area contributed by atoms with Gasteiger partial charge in [0, 0.05) is 24.7 Å². The molecular formula is C14H18N2O. The summed E-state index contributed by atoms with van der Waals surface area (Å²) in [5.74, 6) is 1.43. The summed E-state index contributed by atoms with van der Waals surface area (Å²) in [5.41, 5.74) is 3.09. The van der Waals surface area contributed by atoms with Crippen LogP contribution in [0.5, 0.6) is 0 Å². The maximum Gasteiger partial charge on any atom is 0.251 e. The van der Waals surface area contributed by atoms with Crippen molar-refractivity contribution < 1.29 is 4.79 Å². The number of benzene rings is 1. The van der Waals surface area contributed by atoms with Gasteiger partial charge in [-0.15, -0.1) is 0 Å². The van der Waals surface area contributed by atoms with Gasteiger partial charge in [-0.25, -0.2) is 0 Å². The topological polar surface area (TPSA) is 41.1 Å². The van der Waals surface area contributed by atoms with Crippen molar-refractivity contribution in [2.75, 3.05) is 13.1 Å². The highest BCUT2D eigenvalue weighted by molar-refractivity contribution is 5.96. The van der Waals surface area contributed by atoms with Crippen LogP contribution in [0, 0.1) is 25.7 Å². The Balaban J connectivity index is 1.72. The second-order valence-corrected chi connectivity index (χ2v) is 5.23. The summed E-state index contributed by atoms with van der Waals surface area (Å²) in [6.07, 6.45) is 0. The lowest BCUT2D eigenvalue weighted by molar-refractivity contribution is 0.0946. The van der Waals surface area contributed by atoms with E-state index in [0.29, 0.717) is 17.9 Å². The first-order chi connectivity index (χ1) is 8.18. The average Bonchev–Trinajstić information content (AvgIpc) is 2.76. The fourth-order valence-electron chi connectivity index (χ4n) is 2.86. The van der Waals surface area contributed by atoms with Crippen LogP contribution in [0.15, 0.2) is 18.2 Å². The van der Waals surface area contributed by atoms with Crippen LogP contribution in [0.3, 0.4) is 0 Å². The summed E-state index contributed by atoms with van der Waals surface area (Å²) in [6.45, 7) is 6.17. The molecule has 1 saturated heterocycles. The largest absolute Gasteiger partial charge is 0.349 e. The molecule has 0 spiro atoms. The number of hydrogen-bond acceptors (Lipinski definition) is 2. The van der Waals surface area contributed by atoms with Gasteiger partial charge >= 0.3 is 0 Å². The van der Waals surface area contributed by atoms with Crippen LogP contribution in [-0.4, -0.2) is 25.0 Å². The third-order valence-electron chi connectivity index (χ3n) is 4.24. The van der Waals surface area contributed by atoms with E-state index >= 15 is 0 Å². The van der Waals surface area contributed by atoms with Crippen molar-refractivity contribution in [1.82, 2.24) is 10.6 Å². The van der Waals surface area contributed by atoms with Crippen molar-refractivity contribution >= 4 is 5.91 Å². The Labute approximate surface area is 102 Å². The van der Waals surface area contributed by atoms with E-state index in [9.17, 15) is 4.79 Å². The second kappa shape index (κ2) is 3.84. The molecule has 2 fully saturated rings. The molecule has 2 atom stereocenters. The number of aryl methyl sites for hydroxylation is 1. The first-order valence-electron chi connectivity index (χ1n) is 6.26. The number of carbonyl (C=O) groups excluding carboxylic acids is 1. The highest BCUT2D eigenvalue weighted by Gasteiger charge is 2.53. The minimum Gasteiger partial charge on any atom is -0.349 e. The van der Waals surface area contributed by atoms with Crippen molar-refractivity contribution in [3.8, 4) is 0 Å². The van der Waals surface area contributed by atoms with Crippen LogP contribution in [0.4, 0.5) is 0 Å². The normalized spacial score (nSPS) is 29.9. The van der Waals surface area contributed by atoms with Crippen molar-refractivity contribution in [3.63, 3.8) is 0 Å². The monoisotopic (exact) mass is 230 g/mol. The number of rotatable bonds is 2. The van der Waals surface area contributed by atoms with E-state index in [-0.39, 0.29) is 5.91 Å². The van der Waals surface area contributed by atoms with Gasteiger partial charge in [0.2, 0.25) is 0 Å². The lowest BCUT2D eigenvalue weighted by atomic mass is 10.0. The van der Waals surface area contributed by atoms with Gasteiger partial charge in [0.15, 0.2) is 0 Å². The number of nitrogens with one attached hydrogen (secondary N) is 2. The molecule has 1 aromatic carbocycles. The zero-order valence-electron chi connectivity index (χ0n) is 10.3. The Bertz CT molecular complexity index is 459. The molecule has 90 valence electrons. The molecule has 1 amide bonds. The number of hydrogen-bond donors (Lipinski definition) is 2. The molecular weight excluding hydrogens is 212 g/mol. The Kier molecular flexibility index (Phi) is 2.44. The molecule has 2 aliphatic rings. The minimum absolute atomic E-state index is 0.0885. The molecule has 3 nitrogen and oxygen atoms in total. The number of piperidine rings is 1. The summed E-state index contributed by atoms with van der Waals surface area (Å²) in [4.78, 5) is 12.2. The summed E-state index contributed by atoms with van der Waals surface area (Å²) >= 11 is 0. The molecule has 3 heteroatoms. The SMILES string of the molecule is Cc1cccc(C(=O)NC2C3CNCC32)c1C. The van der Waals surface area contributed by atoms with E-state index in [2.05, 4.69) is 10.6 Å². The molecule has 0 radical (unpaired) electrons. The molecule has 1 aliphatic carbocycles. The van der Waals surface area contributed by atoms with Crippen LogP contribution in [0.1, 0.15) is 21.5 Å². The van der Waals surface area contributed by atoms with Gasteiger partial charge in [-0.05, 0) is 42.9 Å². The van der Waals surface area contributed by atoms with Gasteiger partial charge < -0.3 is 10.6 Å². The fourth-order valence-corrected chi connectivity index (χ4v) is 2.86. The van der Waals surface area contributed by atoms with Gasteiger partial charge in [-0.1, -0.05) is 12.1 Å². The Morgan fingerprint density at radius 3 is 2.71 bits per heavy atom. The van der Waals surface area contributed by atoms with Crippen molar-refractivity contribution in [3.05, 3.63) is 34.9 Å². The minimum atomic E-state index is 0.0885. The molecule has 1 aromatic rings. The molecule has 17 heavy (non-hydrogen) atoms. The summed E-state index contributed by atoms with van der Waals surface area (Å²) in [7, 11) is 0. The predicted molar refractivity (Wildman–Crippen MR) is 67.0 cm³/mol. The van der Waals surface area contributed by atoms with Gasteiger partial charge in [-0.3, -0.25) is 4.79 Å². The van der Waals surface area contributed by atoms with Crippen LogP contribution in [0.2, 0.25) is 0 Å². The van der Waals surface area contributed by atoms with Gasteiger partial charge in [0.1, 0.15) is 0 Å². The standard InChI is InChI=1S/C14H18N2O/c1-8-4-3-5-10(9(8)2)14(17)16-13-11-6-15-7-12(11)13/h3-5,11-13,15H,6-7H2,1-2H3,(H,16,17). The van der Waals surface area contributed by atoms with Gasteiger partial charge in [0.25, 0.3) is 5.91 Å². The van der Waals surface area contributed by atoms with E-state index in [1.807, 2.05) is 32.0 Å². The Hall–Kier alpha value is -1.35. The van der Waals surface area contributed by atoms with Crippen molar-refractivity contribution in [1.29, 1.82) is 0 Å². The zero-order valence-corrected chi connectivity index (χ0v) is 10.3. The average molecular weight is 230 g/mol. The highest BCUT2D eigenvalue weighted by Crippen LogP contribution is 2.41. The predicted octanol–water partition coefficient (Wildman–Crippen LogP) is 1.25. The number of carbonyl (C=O) groups is 1. The van der Waals surface area contributed by atoms with Crippen molar-refractivity contribution in [2.24, 2.45) is 11.8 Å². The number of amides is 1. The van der Waals surface area contributed by atoms with Crippen LogP contribution >= 0.6 is 0 Å². The van der Waals surface area contributed by atoms with Crippen LogP contribution < -0.4 is 10.6 Å². The van der Waals surface area contributed by atoms with Crippen LogP contribution in [0.25, 0.3) is 0 Å². The third kappa shape index (κ3) is 1.75. The quantitative estimate of drug-likeness (QED) is 0.803. The maximum atomic E-state index is 12.2. The molecule has 2 N–H and O–H groups in total.